The second-order valence-corrected chi connectivity index (χ2v) is 3.14. The fourth-order valence-corrected chi connectivity index (χ4v) is 1.38. The molecule has 0 atom stereocenters. The van der Waals surface area contributed by atoms with Gasteiger partial charge >= 0.3 is 0 Å². The SMILES string of the molecule is Oc1c(F)cccc1-c1ccc(F)cc1. The number of phenolic OH excluding ortho intramolecular Hbond substituents is 1. The first kappa shape index (κ1) is 9.65. The Kier molecular flexibility index (Phi) is 2.37. The van der Waals surface area contributed by atoms with Crippen molar-refractivity contribution in [2.75, 3.05) is 0 Å². The van der Waals surface area contributed by atoms with Gasteiger partial charge in [-0.1, -0.05) is 24.3 Å². The van der Waals surface area contributed by atoms with Crippen molar-refractivity contribution >= 4 is 0 Å². The van der Waals surface area contributed by atoms with Crippen LogP contribution in [0.25, 0.3) is 11.1 Å². The molecule has 0 bridgehead atoms. The van der Waals surface area contributed by atoms with Crippen LogP contribution in [0.5, 0.6) is 5.75 Å². The van der Waals surface area contributed by atoms with Crippen LogP contribution < -0.4 is 0 Å². The average Bonchev–Trinajstić information content (AvgIpc) is 2.24. The van der Waals surface area contributed by atoms with Crippen LogP contribution in [0.4, 0.5) is 8.78 Å². The minimum absolute atomic E-state index is 0.356. The van der Waals surface area contributed by atoms with Crippen LogP contribution in [0.1, 0.15) is 0 Å². The second kappa shape index (κ2) is 3.69. The molecule has 0 aliphatic rings. The lowest BCUT2D eigenvalue weighted by molar-refractivity contribution is 0.434. The molecular formula is C12H8F2O. The van der Waals surface area contributed by atoms with E-state index in [0.29, 0.717) is 11.1 Å². The van der Waals surface area contributed by atoms with Gasteiger partial charge < -0.3 is 5.11 Å². The molecule has 2 aromatic rings. The largest absolute Gasteiger partial charge is 0.504 e. The molecule has 0 aliphatic carbocycles. The summed E-state index contributed by atoms with van der Waals surface area (Å²) < 4.78 is 25.7. The summed E-state index contributed by atoms with van der Waals surface area (Å²) in [5.41, 5.74) is 0.934. The van der Waals surface area contributed by atoms with Crippen molar-refractivity contribution in [3.8, 4) is 16.9 Å². The van der Waals surface area contributed by atoms with Gasteiger partial charge in [0, 0.05) is 5.56 Å². The van der Waals surface area contributed by atoms with Crippen molar-refractivity contribution in [1.29, 1.82) is 0 Å². The van der Waals surface area contributed by atoms with E-state index in [4.69, 9.17) is 0 Å². The monoisotopic (exact) mass is 206 g/mol. The highest BCUT2D eigenvalue weighted by atomic mass is 19.1. The predicted octanol–water partition coefficient (Wildman–Crippen LogP) is 3.34. The first-order valence-electron chi connectivity index (χ1n) is 4.42. The highest BCUT2D eigenvalue weighted by Crippen LogP contribution is 2.30. The Bertz CT molecular complexity index is 477. The fraction of sp³-hybridized carbons (Fsp3) is 0. The van der Waals surface area contributed by atoms with Crippen LogP contribution in [0.2, 0.25) is 0 Å². The maximum absolute atomic E-state index is 13.0. The molecule has 2 aromatic carbocycles. The van der Waals surface area contributed by atoms with Crippen LogP contribution in [-0.2, 0) is 0 Å². The van der Waals surface area contributed by atoms with Gasteiger partial charge in [-0.3, -0.25) is 0 Å². The van der Waals surface area contributed by atoms with E-state index >= 15 is 0 Å². The van der Waals surface area contributed by atoms with Crippen LogP contribution in [0.3, 0.4) is 0 Å². The minimum Gasteiger partial charge on any atom is -0.504 e. The second-order valence-electron chi connectivity index (χ2n) is 3.14. The van der Waals surface area contributed by atoms with Crippen LogP contribution in [0, 0.1) is 11.6 Å². The van der Waals surface area contributed by atoms with Crippen molar-refractivity contribution in [3.05, 3.63) is 54.1 Å². The van der Waals surface area contributed by atoms with Crippen molar-refractivity contribution in [3.63, 3.8) is 0 Å². The normalized spacial score (nSPS) is 10.3. The van der Waals surface area contributed by atoms with Gasteiger partial charge in [0.1, 0.15) is 5.82 Å². The van der Waals surface area contributed by atoms with E-state index in [-0.39, 0.29) is 5.82 Å². The average molecular weight is 206 g/mol. The molecular weight excluding hydrogens is 198 g/mol. The molecule has 0 saturated heterocycles. The molecule has 0 saturated carbocycles. The van der Waals surface area contributed by atoms with Gasteiger partial charge in [-0.25, -0.2) is 8.78 Å². The highest BCUT2D eigenvalue weighted by molar-refractivity contribution is 5.70. The molecule has 0 aliphatic heterocycles. The molecule has 0 unspecified atom stereocenters. The Morgan fingerprint density at radius 3 is 2.20 bits per heavy atom. The van der Waals surface area contributed by atoms with Crippen LogP contribution >= 0.6 is 0 Å². The zero-order valence-electron chi connectivity index (χ0n) is 7.74. The lowest BCUT2D eigenvalue weighted by Crippen LogP contribution is -1.83. The minimum atomic E-state index is -0.683. The van der Waals surface area contributed by atoms with Gasteiger partial charge in [0.15, 0.2) is 11.6 Å². The summed E-state index contributed by atoms with van der Waals surface area (Å²) >= 11 is 0. The molecule has 0 heterocycles. The zero-order valence-corrected chi connectivity index (χ0v) is 7.74. The lowest BCUT2D eigenvalue weighted by atomic mass is 10.0. The van der Waals surface area contributed by atoms with Gasteiger partial charge in [0.25, 0.3) is 0 Å². The molecule has 1 N–H and O–H groups in total. The zero-order chi connectivity index (χ0) is 10.8. The Labute approximate surface area is 85.6 Å². The number of hydrogen-bond acceptors (Lipinski definition) is 1. The number of halogens is 2. The van der Waals surface area contributed by atoms with E-state index in [1.165, 1.54) is 36.4 Å². The van der Waals surface area contributed by atoms with Gasteiger partial charge in [0.05, 0.1) is 0 Å². The Morgan fingerprint density at radius 2 is 1.53 bits per heavy atom. The van der Waals surface area contributed by atoms with Gasteiger partial charge in [-0.15, -0.1) is 0 Å². The van der Waals surface area contributed by atoms with Gasteiger partial charge in [0.2, 0.25) is 0 Å². The quantitative estimate of drug-likeness (QED) is 0.758. The van der Waals surface area contributed by atoms with Crippen molar-refractivity contribution in [2.45, 2.75) is 0 Å². The molecule has 0 amide bonds. The molecule has 0 spiro atoms. The summed E-state index contributed by atoms with van der Waals surface area (Å²) in [4.78, 5) is 0. The third-order valence-corrected chi connectivity index (χ3v) is 2.14. The van der Waals surface area contributed by atoms with E-state index in [1.54, 1.807) is 6.07 Å². The number of benzene rings is 2. The summed E-state index contributed by atoms with van der Waals surface area (Å²) in [6.07, 6.45) is 0. The summed E-state index contributed by atoms with van der Waals surface area (Å²) in [6, 6.07) is 9.74. The topological polar surface area (TPSA) is 20.2 Å². The van der Waals surface area contributed by atoms with E-state index in [1.807, 2.05) is 0 Å². The maximum atomic E-state index is 13.0. The Morgan fingerprint density at radius 1 is 0.867 bits per heavy atom. The molecule has 76 valence electrons. The molecule has 15 heavy (non-hydrogen) atoms. The number of hydrogen-bond donors (Lipinski definition) is 1. The Hall–Kier alpha value is -1.90. The number of aromatic hydroxyl groups is 1. The number of rotatable bonds is 1. The smallest absolute Gasteiger partial charge is 0.165 e. The van der Waals surface area contributed by atoms with Crippen molar-refractivity contribution in [2.24, 2.45) is 0 Å². The lowest BCUT2D eigenvalue weighted by Gasteiger charge is -2.04. The van der Waals surface area contributed by atoms with Crippen molar-refractivity contribution < 1.29 is 13.9 Å². The third kappa shape index (κ3) is 1.81. The molecule has 3 heteroatoms. The third-order valence-electron chi connectivity index (χ3n) is 2.14. The molecule has 0 aromatic heterocycles. The summed E-state index contributed by atoms with van der Waals surface area (Å²) in [5, 5.41) is 9.45. The summed E-state index contributed by atoms with van der Waals surface area (Å²) in [5.74, 6) is -1.46. The first-order chi connectivity index (χ1) is 7.18. The maximum Gasteiger partial charge on any atom is 0.165 e. The van der Waals surface area contributed by atoms with Gasteiger partial charge in [-0.05, 0) is 23.8 Å². The van der Waals surface area contributed by atoms with E-state index < -0.39 is 11.6 Å². The molecule has 1 nitrogen and oxygen atoms in total. The molecule has 0 radical (unpaired) electrons. The first-order valence-corrected chi connectivity index (χ1v) is 4.42. The fourth-order valence-electron chi connectivity index (χ4n) is 1.38. The summed E-state index contributed by atoms with van der Waals surface area (Å²) in [6.45, 7) is 0. The summed E-state index contributed by atoms with van der Waals surface area (Å²) in [7, 11) is 0. The van der Waals surface area contributed by atoms with Crippen LogP contribution in [0.15, 0.2) is 42.5 Å². The molecule has 0 fully saturated rings. The van der Waals surface area contributed by atoms with Crippen LogP contribution in [-0.4, -0.2) is 5.11 Å². The molecule has 2 rings (SSSR count). The Balaban J connectivity index is 2.54. The van der Waals surface area contributed by atoms with E-state index in [2.05, 4.69) is 0 Å². The predicted molar refractivity (Wildman–Crippen MR) is 53.5 cm³/mol. The number of para-hydroxylation sites is 1. The van der Waals surface area contributed by atoms with E-state index in [0.717, 1.165) is 0 Å². The van der Waals surface area contributed by atoms with Crippen molar-refractivity contribution in [1.82, 2.24) is 0 Å². The van der Waals surface area contributed by atoms with Gasteiger partial charge in [-0.2, -0.15) is 0 Å². The standard InChI is InChI=1S/C12H8F2O/c13-9-6-4-8(5-7-9)10-2-1-3-11(14)12(10)15/h1-7,15H. The number of phenols is 1. The van der Waals surface area contributed by atoms with E-state index in [9.17, 15) is 13.9 Å². The highest BCUT2D eigenvalue weighted by Gasteiger charge is 2.07.